The van der Waals surface area contributed by atoms with Gasteiger partial charge in [0.1, 0.15) is 17.3 Å². The van der Waals surface area contributed by atoms with Gasteiger partial charge >= 0.3 is 23.9 Å². The summed E-state index contributed by atoms with van der Waals surface area (Å²) in [5.74, 6) is 0.312. The van der Waals surface area contributed by atoms with Crippen LogP contribution in [0.5, 0.6) is 0 Å². The quantitative estimate of drug-likeness (QED) is 0.173. The van der Waals surface area contributed by atoms with Gasteiger partial charge in [0.05, 0.1) is 33.9 Å². The number of ether oxygens (including phenoxy) is 5. The molecule has 4 aliphatic carbocycles. The first-order valence-corrected chi connectivity index (χ1v) is 20.9. The molecule has 308 valence electrons. The van der Waals surface area contributed by atoms with Gasteiger partial charge in [-0.15, -0.1) is 0 Å². The number of aliphatic hydroxyl groups is 1. The molecule has 1 aromatic rings. The molecule has 1 N–H and O–H groups in total. The minimum atomic E-state index is -0.555. The van der Waals surface area contributed by atoms with Crippen LogP contribution in [0.3, 0.4) is 0 Å². The first-order valence-electron chi connectivity index (χ1n) is 20.9. The lowest BCUT2D eigenvalue weighted by Crippen LogP contribution is -2.61. The van der Waals surface area contributed by atoms with E-state index < -0.39 is 39.7 Å². The van der Waals surface area contributed by atoms with E-state index >= 15 is 0 Å². The second-order valence-corrected chi connectivity index (χ2v) is 19.6. The molecule has 7 fully saturated rings. The Kier molecular flexibility index (Phi) is 12.4. The zero-order valence-electron chi connectivity index (χ0n) is 35.3. The van der Waals surface area contributed by atoms with Crippen molar-refractivity contribution in [2.45, 2.75) is 188 Å². The van der Waals surface area contributed by atoms with Gasteiger partial charge in [0.2, 0.25) is 0 Å². The van der Waals surface area contributed by atoms with E-state index in [1.54, 1.807) is 0 Å². The van der Waals surface area contributed by atoms with E-state index in [9.17, 15) is 24.3 Å². The minimum absolute atomic E-state index is 0.0828. The van der Waals surface area contributed by atoms with Crippen molar-refractivity contribution in [1.29, 1.82) is 0 Å². The summed E-state index contributed by atoms with van der Waals surface area (Å²) < 4.78 is 28.2. The number of benzene rings is 1. The zero-order valence-corrected chi connectivity index (χ0v) is 35.3. The average Bonchev–Trinajstić information content (AvgIpc) is 3.76. The van der Waals surface area contributed by atoms with Crippen LogP contribution < -0.4 is 0 Å². The van der Waals surface area contributed by atoms with Crippen molar-refractivity contribution in [3.8, 4) is 0 Å². The molecule has 0 amide bonds. The van der Waals surface area contributed by atoms with E-state index in [4.69, 9.17) is 23.7 Å². The topological polar surface area (TPSA) is 135 Å². The molecule has 8 atom stereocenters. The lowest BCUT2D eigenvalue weighted by Gasteiger charge is -2.59. The number of rotatable bonds is 11. The Labute approximate surface area is 329 Å². The summed E-state index contributed by atoms with van der Waals surface area (Å²) in [6, 6.07) is 9.94. The molecule has 10 nitrogen and oxygen atoms in total. The molecule has 0 aromatic heterocycles. The molecule has 7 aliphatic rings. The fourth-order valence-electron chi connectivity index (χ4n) is 9.15. The normalized spacial score (nSPS) is 33.7. The molecule has 6 bridgehead atoms. The van der Waals surface area contributed by atoms with Gasteiger partial charge in [0, 0.05) is 6.42 Å². The Balaban J connectivity index is 0.000000158. The van der Waals surface area contributed by atoms with Crippen molar-refractivity contribution in [1.82, 2.24) is 0 Å². The van der Waals surface area contributed by atoms with Crippen LogP contribution in [0, 0.1) is 34.0 Å². The van der Waals surface area contributed by atoms with Crippen molar-refractivity contribution in [2.75, 3.05) is 0 Å². The second kappa shape index (κ2) is 15.8. The van der Waals surface area contributed by atoms with Crippen LogP contribution in [0.1, 0.15) is 152 Å². The Morgan fingerprint density at radius 2 is 1.29 bits per heavy atom. The minimum Gasteiger partial charge on any atom is -0.459 e. The van der Waals surface area contributed by atoms with Gasteiger partial charge in [-0.2, -0.15) is 0 Å². The molecule has 8 unspecified atom stereocenters. The van der Waals surface area contributed by atoms with Crippen LogP contribution >= 0.6 is 0 Å². The highest BCUT2D eigenvalue weighted by Crippen LogP contribution is 2.59. The van der Waals surface area contributed by atoms with Gasteiger partial charge in [-0.25, -0.2) is 0 Å². The maximum atomic E-state index is 12.4. The summed E-state index contributed by atoms with van der Waals surface area (Å²) in [7, 11) is 0. The van der Waals surface area contributed by atoms with E-state index in [0.717, 1.165) is 50.5 Å². The summed E-state index contributed by atoms with van der Waals surface area (Å²) >= 11 is 0. The zero-order chi connectivity index (χ0) is 40.8. The number of esters is 4. The molecule has 3 saturated heterocycles. The molecule has 3 aliphatic heterocycles. The summed E-state index contributed by atoms with van der Waals surface area (Å²) in [6.07, 6.45) is 8.13. The smallest absolute Gasteiger partial charge is 0.312 e. The molecule has 55 heavy (non-hydrogen) atoms. The summed E-state index contributed by atoms with van der Waals surface area (Å²) in [4.78, 5) is 48.2. The van der Waals surface area contributed by atoms with Crippen LogP contribution in [0.2, 0.25) is 0 Å². The molecule has 10 heteroatoms. The SMILES string of the molecule is CCC(C)(C)C(=O)OC(C)(CC)c1ccccc1.CCC(C)(C)C(=O)OC12CC3CC(CC(O)(C3)C1)C2.CCC(C)(C)C(=O)OC1C2CC3C(=O)OC1C3O2. The third kappa shape index (κ3) is 8.95. The number of hydrogen-bond acceptors (Lipinski definition) is 10. The monoisotopic (exact) mass is 768 g/mol. The van der Waals surface area contributed by atoms with Crippen LogP contribution in [0.25, 0.3) is 0 Å². The Morgan fingerprint density at radius 1 is 0.745 bits per heavy atom. The van der Waals surface area contributed by atoms with Gasteiger partial charge in [0.25, 0.3) is 0 Å². The Bertz CT molecular complexity index is 1550. The fourth-order valence-corrected chi connectivity index (χ4v) is 9.15. The van der Waals surface area contributed by atoms with Crippen molar-refractivity contribution in [3.05, 3.63) is 35.9 Å². The third-order valence-electron chi connectivity index (χ3n) is 14.0. The Morgan fingerprint density at radius 3 is 1.82 bits per heavy atom. The predicted molar refractivity (Wildman–Crippen MR) is 207 cm³/mol. The highest BCUT2D eigenvalue weighted by atomic mass is 16.7. The van der Waals surface area contributed by atoms with Crippen molar-refractivity contribution >= 4 is 23.9 Å². The van der Waals surface area contributed by atoms with Crippen LogP contribution in [0.15, 0.2) is 30.3 Å². The van der Waals surface area contributed by atoms with E-state index in [1.807, 2.05) is 106 Å². The lowest BCUT2D eigenvalue weighted by atomic mass is 9.52. The molecule has 0 spiro atoms. The first-order chi connectivity index (χ1) is 25.6. The molecular formula is C45H68O10. The van der Waals surface area contributed by atoms with E-state index in [-0.39, 0.29) is 47.6 Å². The Hall–Kier alpha value is -2.98. The average molecular weight is 769 g/mol. The lowest BCUT2D eigenvalue weighted by molar-refractivity contribution is -0.225. The van der Waals surface area contributed by atoms with Gasteiger partial charge in [0.15, 0.2) is 12.2 Å². The van der Waals surface area contributed by atoms with E-state index in [2.05, 4.69) is 0 Å². The van der Waals surface area contributed by atoms with Crippen LogP contribution in [0.4, 0.5) is 0 Å². The maximum Gasteiger partial charge on any atom is 0.312 e. The molecule has 3 heterocycles. The summed E-state index contributed by atoms with van der Waals surface area (Å²) in [5.41, 5.74) is -1.75. The molecular weight excluding hydrogens is 700 g/mol. The van der Waals surface area contributed by atoms with Gasteiger partial charge in [-0.3, -0.25) is 19.2 Å². The molecule has 4 saturated carbocycles. The van der Waals surface area contributed by atoms with E-state index in [0.29, 0.717) is 31.1 Å². The number of hydrogen-bond donors (Lipinski definition) is 1. The highest BCUT2D eigenvalue weighted by molar-refractivity contribution is 5.79. The van der Waals surface area contributed by atoms with Gasteiger partial charge < -0.3 is 28.8 Å². The van der Waals surface area contributed by atoms with Crippen LogP contribution in [-0.4, -0.2) is 64.6 Å². The molecule has 1 aromatic carbocycles. The van der Waals surface area contributed by atoms with Gasteiger partial charge in [-0.1, -0.05) is 58.0 Å². The largest absolute Gasteiger partial charge is 0.459 e. The first kappa shape index (κ1) is 43.1. The van der Waals surface area contributed by atoms with Crippen molar-refractivity contribution in [2.24, 2.45) is 34.0 Å². The third-order valence-corrected chi connectivity index (χ3v) is 14.0. The highest BCUT2D eigenvalue weighted by Gasteiger charge is 2.65. The number of carbonyl (C=O) groups excluding carboxylic acids is 4. The standard InChI is InChI=1S/C16H26O3.C16H24O2.C13H18O5/c1-4-14(2,3)13(17)19-16-8-11-5-12(9-16)7-15(18,6-11)10-16;1-6-15(3,4)14(17)18-16(5,7-2)13-11-9-8-10-12-13;1-4-13(2,3)12(15)18-9-7-5-6-8(16-7)10(9)17-11(6)14/h11-12,18H,4-10H2,1-3H3;8-12H,6-7H2,1-5H3;6-10H,4-5H2,1-3H3. The van der Waals surface area contributed by atoms with E-state index in [1.165, 1.54) is 6.42 Å². The van der Waals surface area contributed by atoms with Gasteiger partial charge in [-0.05, 0) is 130 Å². The summed E-state index contributed by atoms with van der Waals surface area (Å²) in [6.45, 7) is 21.5. The molecule has 8 rings (SSSR count). The predicted octanol–water partition coefficient (Wildman–Crippen LogP) is 8.39. The second-order valence-electron chi connectivity index (χ2n) is 19.6. The number of carbonyl (C=O) groups is 4. The molecule has 0 radical (unpaired) electrons. The number of fused-ring (bicyclic) bond motifs is 1. The van der Waals surface area contributed by atoms with Crippen molar-refractivity contribution < 1.29 is 48.0 Å². The summed E-state index contributed by atoms with van der Waals surface area (Å²) in [5, 5.41) is 10.6. The maximum absolute atomic E-state index is 12.4. The van der Waals surface area contributed by atoms with Crippen molar-refractivity contribution in [3.63, 3.8) is 0 Å². The van der Waals surface area contributed by atoms with Crippen LogP contribution in [-0.2, 0) is 48.5 Å². The fraction of sp³-hybridized carbons (Fsp3) is 0.778.